The Labute approximate surface area is 153 Å². The third-order valence-electron chi connectivity index (χ3n) is 5.82. The smallest absolute Gasteiger partial charge is 0.240 e. The number of fused-ring (bicyclic) bond motifs is 1. The second kappa shape index (κ2) is 7.35. The van der Waals surface area contributed by atoms with E-state index in [1.165, 1.54) is 25.0 Å². The highest BCUT2D eigenvalue weighted by molar-refractivity contribution is 5.83. The van der Waals surface area contributed by atoms with Gasteiger partial charge >= 0.3 is 0 Å². The molecule has 140 valence electrons. The van der Waals surface area contributed by atoms with Crippen molar-refractivity contribution in [2.75, 3.05) is 32.7 Å². The van der Waals surface area contributed by atoms with Gasteiger partial charge in [-0.3, -0.25) is 14.5 Å². The molecule has 3 aliphatic rings. The summed E-state index contributed by atoms with van der Waals surface area (Å²) in [6.45, 7) is 4.21. The van der Waals surface area contributed by atoms with E-state index in [2.05, 4.69) is 4.90 Å². The lowest BCUT2D eigenvalue weighted by Crippen LogP contribution is -2.56. The molecule has 1 aromatic carbocycles. The average Bonchev–Trinajstić information content (AvgIpc) is 3.45. The van der Waals surface area contributed by atoms with Gasteiger partial charge in [-0.15, -0.1) is 0 Å². The number of carbonyl (C=O) groups excluding carboxylic acids is 2. The predicted octanol–water partition coefficient (Wildman–Crippen LogP) is 1.87. The highest BCUT2D eigenvalue weighted by Crippen LogP contribution is 2.33. The number of benzene rings is 1. The number of halogens is 1. The zero-order valence-corrected chi connectivity index (χ0v) is 15.1. The van der Waals surface area contributed by atoms with Gasteiger partial charge < -0.3 is 9.80 Å². The molecule has 0 spiro atoms. The summed E-state index contributed by atoms with van der Waals surface area (Å²) in [6.07, 6.45) is 3.75. The van der Waals surface area contributed by atoms with E-state index in [-0.39, 0.29) is 23.7 Å². The molecule has 1 saturated carbocycles. The maximum atomic E-state index is 13.1. The summed E-state index contributed by atoms with van der Waals surface area (Å²) in [5, 5.41) is 0. The first-order valence-electron chi connectivity index (χ1n) is 9.65. The van der Waals surface area contributed by atoms with Crippen LogP contribution < -0.4 is 0 Å². The van der Waals surface area contributed by atoms with Crippen LogP contribution in [0.4, 0.5) is 4.39 Å². The zero-order valence-electron chi connectivity index (χ0n) is 15.1. The highest BCUT2D eigenvalue weighted by Gasteiger charge is 2.37. The number of piperazine rings is 1. The first-order valence-corrected chi connectivity index (χ1v) is 9.65. The molecule has 1 atom stereocenters. The summed E-state index contributed by atoms with van der Waals surface area (Å²) < 4.78 is 13.1. The topological polar surface area (TPSA) is 43.9 Å². The number of hydrogen-bond donors (Lipinski definition) is 0. The highest BCUT2D eigenvalue weighted by atomic mass is 19.1. The van der Waals surface area contributed by atoms with Crippen molar-refractivity contribution in [3.8, 4) is 0 Å². The second-order valence-corrected chi connectivity index (χ2v) is 7.75. The first kappa shape index (κ1) is 17.5. The number of hydrogen-bond acceptors (Lipinski definition) is 3. The summed E-state index contributed by atoms with van der Waals surface area (Å²) in [6, 6.07) is 6.21. The lowest BCUT2D eigenvalue weighted by molar-refractivity contribution is -0.142. The van der Waals surface area contributed by atoms with Gasteiger partial charge in [-0.25, -0.2) is 4.39 Å². The largest absolute Gasteiger partial charge is 0.341 e. The molecule has 2 heterocycles. The molecule has 2 amide bonds. The van der Waals surface area contributed by atoms with Gasteiger partial charge in [0.1, 0.15) is 5.82 Å². The Balaban J connectivity index is 1.37. The van der Waals surface area contributed by atoms with Crippen LogP contribution >= 0.6 is 0 Å². The summed E-state index contributed by atoms with van der Waals surface area (Å²) >= 11 is 0. The van der Waals surface area contributed by atoms with Crippen LogP contribution in [0.2, 0.25) is 0 Å². The molecule has 0 radical (unpaired) electrons. The quantitative estimate of drug-likeness (QED) is 0.824. The Bertz CT molecular complexity index is 674. The first-order chi connectivity index (χ1) is 12.6. The fourth-order valence-corrected chi connectivity index (χ4v) is 4.01. The van der Waals surface area contributed by atoms with Crippen molar-refractivity contribution in [2.45, 2.75) is 38.3 Å². The Morgan fingerprint density at radius 3 is 2.46 bits per heavy atom. The van der Waals surface area contributed by atoms with Crippen molar-refractivity contribution in [3.05, 3.63) is 35.6 Å². The molecule has 0 unspecified atom stereocenters. The molecule has 1 aliphatic carbocycles. The monoisotopic (exact) mass is 359 g/mol. The Hall–Kier alpha value is -1.95. The summed E-state index contributed by atoms with van der Waals surface area (Å²) in [7, 11) is 0. The summed E-state index contributed by atoms with van der Waals surface area (Å²) in [5.41, 5.74) is 0.947. The molecule has 3 fully saturated rings. The molecular weight excluding hydrogens is 333 g/mol. The molecule has 1 aromatic rings. The normalized spacial score (nSPS) is 24.3. The van der Waals surface area contributed by atoms with Crippen molar-refractivity contribution in [1.29, 1.82) is 0 Å². The van der Waals surface area contributed by atoms with E-state index < -0.39 is 0 Å². The third kappa shape index (κ3) is 3.90. The van der Waals surface area contributed by atoms with E-state index in [1.807, 2.05) is 9.80 Å². The minimum absolute atomic E-state index is 0.136. The zero-order chi connectivity index (χ0) is 18.1. The Morgan fingerprint density at radius 1 is 1.00 bits per heavy atom. The minimum Gasteiger partial charge on any atom is -0.341 e. The van der Waals surface area contributed by atoms with Crippen LogP contribution in [0.1, 0.15) is 31.2 Å². The summed E-state index contributed by atoms with van der Waals surface area (Å²) in [4.78, 5) is 31.4. The van der Waals surface area contributed by atoms with Crippen molar-refractivity contribution in [1.82, 2.24) is 14.7 Å². The van der Waals surface area contributed by atoms with Crippen molar-refractivity contribution < 1.29 is 14.0 Å². The van der Waals surface area contributed by atoms with Gasteiger partial charge in [0, 0.05) is 45.7 Å². The van der Waals surface area contributed by atoms with Gasteiger partial charge in [0.2, 0.25) is 11.8 Å². The maximum absolute atomic E-state index is 13.1. The maximum Gasteiger partial charge on any atom is 0.240 e. The third-order valence-corrected chi connectivity index (χ3v) is 5.82. The molecule has 0 bridgehead atoms. The van der Waals surface area contributed by atoms with Gasteiger partial charge in [-0.05, 0) is 42.9 Å². The average molecular weight is 359 g/mol. The molecule has 4 rings (SSSR count). The van der Waals surface area contributed by atoms with Crippen LogP contribution in [0.3, 0.4) is 0 Å². The number of amides is 2. The molecule has 0 N–H and O–H groups in total. The minimum atomic E-state index is -0.260. The van der Waals surface area contributed by atoms with E-state index in [0.29, 0.717) is 38.4 Å². The molecule has 2 saturated heterocycles. The van der Waals surface area contributed by atoms with E-state index in [1.54, 1.807) is 12.1 Å². The lowest BCUT2D eigenvalue weighted by atomic mass is 10.1. The van der Waals surface area contributed by atoms with Gasteiger partial charge in [0.25, 0.3) is 0 Å². The molecule has 0 aromatic heterocycles. The van der Waals surface area contributed by atoms with Crippen molar-refractivity contribution in [3.63, 3.8) is 0 Å². The van der Waals surface area contributed by atoms with Crippen LogP contribution in [0.25, 0.3) is 0 Å². The van der Waals surface area contributed by atoms with E-state index in [9.17, 15) is 14.0 Å². The van der Waals surface area contributed by atoms with Crippen LogP contribution in [-0.2, 0) is 16.1 Å². The van der Waals surface area contributed by atoms with Gasteiger partial charge in [0.05, 0.1) is 6.04 Å². The number of rotatable bonds is 4. The van der Waals surface area contributed by atoms with Crippen LogP contribution in [-0.4, -0.2) is 65.3 Å². The molecule has 2 aliphatic heterocycles. The van der Waals surface area contributed by atoms with E-state index in [0.717, 1.165) is 25.2 Å². The Morgan fingerprint density at radius 2 is 1.73 bits per heavy atom. The van der Waals surface area contributed by atoms with Gasteiger partial charge in [0.15, 0.2) is 0 Å². The molecular formula is C20H26FN3O2. The van der Waals surface area contributed by atoms with Crippen molar-refractivity contribution >= 4 is 11.8 Å². The Kier molecular flexibility index (Phi) is 4.94. The predicted molar refractivity (Wildman–Crippen MR) is 95.7 cm³/mol. The van der Waals surface area contributed by atoms with Crippen LogP contribution in [0.15, 0.2) is 24.3 Å². The SMILES string of the molecule is O=C(CC1CC1)N1CC[C@H]2C(=O)N(Cc3ccc(F)cc3)CCN2CC1. The van der Waals surface area contributed by atoms with Crippen LogP contribution in [0.5, 0.6) is 0 Å². The number of nitrogens with zero attached hydrogens (tertiary/aromatic N) is 3. The fourth-order valence-electron chi connectivity index (χ4n) is 4.01. The number of carbonyl (C=O) groups is 2. The molecule has 5 nitrogen and oxygen atoms in total. The standard InChI is InChI=1S/C20H26FN3O2/c21-17-5-3-16(4-6-17)14-24-12-10-22-9-11-23(8-7-18(22)20(24)26)19(25)13-15-1-2-15/h3-6,15,18H,1-2,7-14H2/t18-/m0/s1. The second-order valence-electron chi connectivity index (χ2n) is 7.75. The van der Waals surface area contributed by atoms with Crippen LogP contribution in [0, 0.1) is 11.7 Å². The lowest BCUT2D eigenvalue weighted by Gasteiger charge is -2.39. The molecule has 26 heavy (non-hydrogen) atoms. The summed E-state index contributed by atoms with van der Waals surface area (Å²) in [5.74, 6) is 0.728. The van der Waals surface area contributed by atoms with E-state index in [4.69, 9.17) is 0 Å². The van der Waals surface area contributed by atoms with E-state index >= 15 is 0 Å². The van der Waals surface area contributed by atoms with Crippen molar-refractivity contribution in [2.24, 2.45) is 5.92 Å². The van der Waals surface area contributed by atoms with Gasteiger partial charge in [-0.1, -0.05) is 12.1 Å². The fraction of sp³-hybridized carbons (Fsp3) is 0.600. The molecule has 6 heteroatoms. The van der Waals surface area contributed by atoms with Gasteiger partial charge in [-0.2, -0.15) is 0 Å².